The van der Waals surface area contributed by atoms with E-state index in [4.69, 9.17) is 11.6 Å². The van der Waals surface area contributed by atoms with Crippen LogP contribution in [0.5, 0.6) is 0 Å². The predicted molar refractivity (Wildman–Crippen MR) is 72.6 cm³/mol. The van der Waals surface area contributed by atoms with Gasteiger partial charge in [0.1, 0.15) is 0 Å². The predicted octanol–water partition coefficient (Wildman–Crippen LogP) is 4.22. The zero-order valence-electron chi connectivity index (χ0n) is 9.76. The summed E-state index contributed by atoms with van der Waals surface area (Å²) in [6, 6.07) is 3.25. The first kappa shape index (κ1) is 15.9. The number of rotatable bonds is 5. The number of thioether (sulfide) groups is 1. The molecule has 1 amide bonds. The van der Waals surface area contributed by atoms with E-state index in [1.807, 2.05) is 0 Å². The van der Waals surface area contributed by atoms with Gasteiger partial charge < -0.3 is 5.32 Å². The van der Waals surface area contributed by atoms with Gasteiger partial charge in [0.15, 0.2) is 0 Å². The van der Waals surface area contributed by atoms with Crippen LogP contribution in [0.4, 0.5) is 18.9 Å². The maximum absolute atomic E-state index is 12.6. The number of hydrogen-bond acceptors (Lipinski definition) is 2. The molecule has 0 aliphatic rings. The number of alkyl halides is 3. The number of halogens is 4. The third-order valence-electron chi connectivity index (χ3n) is 2.02. The SMILES string of the molecule is C=CCSCC(=O)Nc1ccc(Cl)c(C(F)(F)F)c1. The zero-order chi connectivity index (χ0) is 14.5. The number of amides is 1. The second-order valence-electron chi connectivity index (χ2n) is 3.54. The van der Waals surface area contributed by atoms with Crippen molar-refractivity contribution in [3.63, 3.8) is 0 Å². The number of carbonyl (C=O) groups excluding carboxylic acids is 1. The summed E-state index contributed by atoms with van der Waals surface area (Å²) in [7, 11) is 0. The van der Waals surface area contributed by atoms with Gasteiger partial charge in [-0.15, -0.1) is 18.3 Å². The maximum Gasteiger partial charge on any atom is 0.417 e. The molecule has 1 aromatic carbocycles. The highest BCUT2D eigenvalue weighted by atomic mass is 35.5. The minimum Gasteiger partial charge on any atom is -0.325 e. The first-order valence-corrected chi connectivity index (χ1v) is 6.73. The molecule has 0 aliphatic heterocycles. The molecule has 0 aliphatic carbocycles. The molecular weight excluding hydrogens is 299 g/mol. The van der Waals surface area contributed by atoms with Crippen molar-refractivity contribution < 1.29 is 18.0 Å². The van der Waals surface area contributed by atoms with Gasteiger partial charge in [-0.1, -0.05) is 17.7 Å². The molecule has 0 spiro atoms. The van der Waals surface area contributed by atoms with E-state index in [0.717, 1.165) is 12.1 Å². The lowest BCUT2D eigenvalue weighted by molar-refractivity contribution is -0.137. The Kier molecular flexibility index (Phi) is 5.75. The standard InChI is InChI=1S/C12H11ClF3NOS/c1-2-5-19-7-11(18)17-8-3-4-10(13)9(6-8)12(14,15)16/h2-4,6H,1,5,7H2,(H,17,18). The molecule has 0 saturated heterocycles. The molecule has 2 nitrogen and oxygen atoms in total. The third-order valence-corrected chi connectivity index (χ3v) is 3.29. The Labute approximate surface area is 118 Å². The molecule has 1 aromatic rings. The maximum atomic E-state index is 12.6. The van der Waals surface area contributed by atoms with Crippen LogP contribution in [0.25, 0.3) is 0 Å². The van der Waals surface area contributed by atoms with Crippen molar-refractivity contribution in [3.05, 3.63) is 41.4 Å². The summed E-state index contributed by atoms with van der Waals surface area (Å²) in [6.45, 7) is 3.50. The Hall–Kier alpha value is -1.14. The molecule has 0 unspecified atom stereocenters. The molecule has 1 N–H and O–H groups in total. The van der Waals surface area contributed by atoms with E-state index in [9.17, 15) is 18.0 Å². The molecule has 0 aromatic heterocycles. The summed E-state index contributed by atoms with van der Waals surface area (Å²) in [5, 5.41) is 1.99. The normalized spacial score (nSPS) is 11.2. The first-order chi connectivity index (χ1) is 8.84. The van der Waals surface area contributed by atoms with Crippen LogP contribution < -0.4 is 5.32 Å². The number of anilines is 1. The Balaban J connectivity index is 2.75. The molecule has 7 heteroatoms. The minimum absolute atomic E-state index is 0.0703. The van der Waals surface area contributed by atoms with Crippen molar-refractivity contribution >= 4 is 35.0 Å². The number of hydrogen-bond donors (Lipinski definition) is 1. The Bertz CT molecular complexity index is 477. The second kappa shape index (κ2) is 6.86. The Morgan fingerprint density at radius 3 is 2.74 bits per heavy atom. The van der Waals surface area contributed by atoms with Gasteiger partial charge in [-0.25, -0.2) is 0 Å². The number of benzene rings is 1. The van der Waals surface area contributed by atoms with Gasteiger partial charge in [0.05, 0.1) is 16.3 Å². The fourth-order valence-electron chi connectivity index (χ4n) is 1.25. The van der Waals surface area contributed by atoms with Gasteiger partial charge in [0, 0.05) is 11.4 Å². The topological polar surface area (TPSA) is 29.1 Å². The fourth-order valence-corrected chi connectivity index (χ4v) is 2.02. The molecule has 0 saturated carbocycles. The quantitative estimate of drug-likeness (QED) is 0.652. The number of nitrogens with one attached hydrogen (secondary N) is 1. The average molecular weight is 310 g/mol. The van der Waals surface area contributed by atoms with Crippen LogP contribution in [0.1, 0.15) is 5.56 Å². The summed E-state index contributed by atoms with van der Waals surface area (Å²) >= 11 is 6.79. The van der Waals surface area contributed by atoms with Gasteiger partial charge in [0.2, 0.25) is 5.91 Å². The van der Waals surface area contributed by atoms with Crippen LogP contribution in [0.15, 0.2) is 30.9 Å². The van der Waals surface area contributed by atoms with Crippen LogP contribution in [0.2, 0.25) is 5.02 Å². The van der Waals surface area contributed by atoms with Crippen molar-refractivity contribution in [1.82, 2.24) is 0 Å². The van der Waals surface area contributed by atoms with Crippen molar-refractivity contribution in [2.45, 2.75) is 6.18 Å². The van der Waals surface area contributed by atoms with Crippen LogP contribution in [-0.4, -0.2) is 17.4 Å². The van der Waals surface area contributed by atoms with Crippen LogP contribution in [0.3, 0.4) is 0 Å². The zero-order valence-corrected chi connectivity index (χ0v) is 11.3. The summed E-state index contributed by atoms with van der Waals surface area (Å²) in [4.78, 5) is 11.5. The van der Waals surface area contributed by atoms with E-state index < -0.39 is 16.8 Å². The molecular formula is C12H11ClF3NOS. The van der Waals surface area contributed by atoms with Crippen molar-refractivity contribution in [3.8, 4) is 0 Å². The van der Waals surface area contributed by atoms with Gasteiger partial charge in [0.25, 0.3) is 0 Å². The van der Waals surface area contributed by atoms with Crippen LogP contribution >= 0.6 is 23.4 Å². The van der Waals surface area contributed by atoms with E-state index in [0.29, 0.717) is 5.75 Å². The largest absolute Gasteiger partial charge is 0.417 e. The molecule has 19 heavy (non-hydrogen) atoms. The van der Waals surface area contributed by atoms with Gasteiger partial charge in [-0.3, -0.25) is 4.79 Å². The highest BCUT2D eigenvalue weighted by molar-refractivity contribution is 8.00. The minimum atomic E-state index is -4.55. The highest BCUT2D eigenvalue weighted by Crippen LogP contribution is 2.36. The average Bonchev–Trinajstić information content (AvgIpc) is 2.30. The van der Waals surface area contributed by atoms with E-state index >= 15 is 0 Å². The summed E-state index contributed by atoms with van der Waals surface area (Å²) in [5.41, 5.74) is -0.897. The van der Waals surface area contributed by atoms with E-state index in [-0.39, 0.29) is 17.3 Å². The Morgan fingerprint density at radius 2 is 2.16 bits per heavy atom. The smallest absolute Gasteiger partial charge is 0.325 e. The molecule has 104 valence electrons. The molecule has 0 radical (unpaired) electrons. The summed E-state index contributed by atoms with van der Waals surface area (Å²) in [5.74, 6) is 0.375. The van der Waals surface area contributed by atoms with Gasteiger partial charge in [-0.2, -0.15) is 13.2 Å². The van der Waals surface area contributed by atoms with Crippen LogP contribution in [-0.2, 0) is 11.0 Å². The van der Waals surface area contributed by atoms with Gasteiger partial charge >= 0.3 is 6.18 Å². The highest BCUT2D eigenvalue weighted by Gasteiger charge is 2.33. The fraction of sp³-hybridized carbons (Fsp3) is 0.250. The van der Waals surface area contributed by atoms with Crippen molar-refractivity contribution in [2.24, 2.45) is 0 Å². The lowest BCUT2D eigenvalue weighted by Crippen LogP contribution is -2.15. The third kappa shape index (κ3) is 5.16. The molecule has 0 heterocycles. The summed E-state index contributed by atoms with van der Waals surface area (Å²) in [6.07, 6.45) is -2.91. The Morgan fingerprint density at radius 1 is 1.47 bits per heavy atom. The van der Waals surface area contributed by atoms with Gasteiger partial charge in [-0.05, 0) is 18.2 Å². The first-order valence-electron chi connectivity index (χ1n) is 5.20. The van der Waals surface area contributed by atoms with E-state index in [1.54, 1.807) is 6.08 Å². The molecule has 0 bridgehead atoms. The second-order valence-corrected chi connectivity index (χ2v) is 4.98. The molecule has 1 rings (SSSR count). The monoisotopic (exact) mass is 309 g/mol. The summed E-state index contributed by atoms with van der Waals surface area (Å²) < 4.78 is 37.8. The van der Waals surface area contributed by atoms with Crippen LogP contribution in [0, 0.1) is 0 Å². The lowest BCUT2D eigenvalue weighted by atomic mass is 10.2. The van der Waals surface area contributed by atoms with E-state index in [2.05, 4.69) is 11.9 Å². The van der Waals surface area contributed by atoms with E-state index in [1.165, 1.54) is 17.8 Å². The van der Waals surface area contributed by atoms with Crippen molar-refractivity contribution in [1.29, 1.82) is 0 Å². The van der Waals surface area contributed by atoms with Crippen molar-refractivity contribution in [2.75, 3.05) is 16.8 Å². The molecule has 0 fully saturated rings. The lowest BCUT2D eigenvalue weighted by Gasteiger charge is -2.11. The molecule has 0 atom stereocenters. The number of carbonyl (C=O) groups is 1.